The number of aliphatic carboxylic acids is 1. The minimum atomic E-state index is -0.824. The zero-order chi connectivity index (χ0) is 12.3. The second-order valence-corrected chi connectivity index (χ2v) is 4.90. The van der Waals surface area contributed by atoms with E-state index in [1.807, 2.05) is 4.90 Å². The van der Waals surface area contributed by atoms with Crippen LogP contribution in [-0.2, 0) is 9.59 Å². The average Bonchev–Trinajstić information content (AvgIpc) is 2.26. The Balaban J connectivity index is 2.72. The van der Waals surface area contributed by atoms with Crippen molar-refractivity contribution in [2.45, 2.75) is 13.8 Å². The summed E-state index contributed by atoms with van der Waals surface area (Å²) in [7, 11) is 1.66. The number of hydrogen-bond donors (Lipinski definition) is 1. The smallest absolute Gasteiger partial charge is 0.309 e. The van der Waals surface area contributed by atoms with Crippen LogP contribution in [0.5, 0.6) is 0 Å². The Kier molecular flexibility index (Phi) is 4.29. The van der Waals surface area contributed by atoms with Crippen LogP contribution in [0.15, 0.2) is 0 Å². The molecular formula is C11H20N2O3. The van der Waals surface area contributed by atoms with Gasteiger partial charge in [-0.25, -0.2) is 0 Å². The number of likely N-dealkylation sites (N-methyl/N-ethyl adjacent to an activating group) is 1. The van der Waals surface area contributed by atoms with Crippen molar-refractivity contribution >= 4 is 11.9 Å². The van der Waals surface area contributed by atoms with E-state index in [4.69, 9.17) is 5.11 Å². The number of rotatable bonds is 3. The highest BCUT2D eigenvalue weighted by molar-refractivity contribution is 5.80. The predicted octanol–water partition coefficient (Wildman–Crippen LogP) is 0.117. The molecule has 1 aliphatic heterocycles. The van der Waals surface area contributed by atoms with Gasteiger partial charge in [-0.15, -0.1) is 0 Å². The van der Waals surface area contributed by atoms with Crippen LogP contribution in [0.1, 0.15) is 13.8 Å². The number of carbonyl (C=O) groups excluding carboxylic acids is 1. The second-order valence-electron chi connectivity index (χ2n) is 4.90. The molecule has 1 N–H and O–H groups in total. The van der Waals surface area contributed by atoms with Crippen molar-refractivity contribution < 1.29 is 14.7 Å². The molecule has 0 aromatic rings. The quantitative estimate of drug-likeness (QED) is 0.745. The molecule has 0 aromatic heterocycles. The zero-order valence-electron chi connectivity index (χ0n) is 10.1. The van der Waals surface area contributed by atoms with Crippen molar-refractivity contribution in [2.24, 2.45) is 11.8 Å². The Bertz CT molecular complexity index is 278. The normalized spacial score (nSPS) is 23.6. The van der Waals surface area contributed by atoms with Crippen LogP contribution in [-0.4, -0.2) is 60.0 Å². The first-order chi connectivity index (χ1) is 7.40. The molecule has 5 heteroatoms. The number of carboxylic acids is 1. The summed E-state index contributed by atoms with van der Waals surface area (Å²) in [6, 6.07) is 0. The van der Waals surface area contributed by atoms with E-state index in [-0.39, 0.29) is 5.91 Å². The molecule has 92 valence electrons. The average molecular weight is 228 g/mol. The molecule has 1 aliphatic rings. The number of amides is 1. The molecule has 1 unspecified atom stereocenters. The maximum absolute atomic E-state index is 11.7. The highest BCUT2D eigenvalue weighted by atomic mass is 16.4. The topological polar surface area (TPSA) is 60.9 Å². The Morgan fingerprint density at radius 1 is 1.50 bits per heavy atom. The monoisotopic (exact) mass is 228 g/mol. The van der Waals surface area contributed by atoms with Crippen LogP contribution in [0.4, 0.5) is 0 Å². The summed E-state index contributed by atoms with van der Waals surface area (Å²) in [5.74, 6) is -0.861. The first-order valence-electron chi connectivity index (χ1n) is 5.59. The molecule has 0 aliphatic carbocycles. The van der Waals surface area contributed by atoms with Crippen LogP contribution in [0.2, 0.25) is 0 Å². The lowest BCUT2D eigenvalue weighted by Crippen LogP contribution is -2.36. The summed E-state index contributed by atoms with van der Waals surface area (Å²) in [6.07, 6.45) is 0. The van der Waals surface area contributed by atoms with Crippen molar-refractivity contribution in [3.05, 3.63) is 0 Å². The molecule has 1 rings (SSSR count). The third kappa shape index (κ3) is 3.48. The van der Waals surface area contributed by atoms with Gasteiger partial charge in [0.05, 0.1) is 12.5 Å². The Labute approximate surface area is 96.0 Å². The molecule has 0 bridgehead atoms. The third-order valence-electron chi connectivity index (χ3n) is 2.73. The standard InChI is InChI=1S/C11H20N2O3/c1-8(2)4-13-6-9(11(15)16)5-12(3)10(14)7-13/h8-9H,4-7H2,1-3H3,(H,15,16). The van der Waals surface area contributed by atoms with Crippen LogP contribution >= 0.6 is 0 Å². The summed E-state index contributed by atoms with van der Waals surface area (Å²) >= 11 is 0. The van der Waals surface area contributed by atoms with E-state index in [2.05, 4.69) is 13.8 Å². The van der Waals surface area contributed by atoms with Gasteiger partial charge in [0.25, 0.3) is 0 Å². The van der Waals surface area contributed by atoms with E-state index in [0.29, 0.717) is 25.6 Å². The van der Waals surface area contributed by atoms with Crippen LogP contribution in [0, 0.1) is 11.8 Å². The molecule has 1 amide bonds. The molecule has 0 saturated carbocycles. The third-order valence-corrected chi connectivity index (χ3v) is 2.73. The highest BCUT2D eigenvalue weighted by Gasteiger charge is 2.29. The Morgan fingerprint density at radius 3 is 2.62 bits per heavy atom. The summed E-state index contributed by atoms with van der Waals surface area (Å²) in [5, 5.41) is 9.05. The first-order valence-corrected chi connectivity index (χ1v) is 5.59. The number of hydrogen-bond acceptors (Lipinski definition) is 3. The van der Waals surface area contributed by atoms with Crippen molar-refractivity contribution in [3.8, 4) is 0 Å². The maximum Gasteiger partial charge on any atom is 0.309 e. The number of nitrogens with zero attached hydrogens (tertiary/aromatic N) is 2. The molecule has 1 heterocycles. The van der Waals surface area contributed by atoms with Crippen molar-refractivity contribution in [1.29, 1.82) is 0 Å². The van der Waals surface area contributed by atoms with Gasteiger partial charge in [-0.1, -0.05) is 13.8 Å². The fraction of sp³-hybridized carbons (Fsp3) is 0.818. The first kappa shape index (κ1) is 13.0. The fourth-order valence-electron chi connectivity index (χ4n) is 1.99. The Hall–Kier alpha value is -1.10. The van der Waals surface area contributed by atoms with E-state index in [0.717, 1.165) is 6.54 Å². The lowest BCUT2D eigenvalue weighted by Gasteiger charge is -2.22. The number of carboxylic acid groups (broad SMARTS) is 1. The molecule has 1 atom stereocenters. The molecule has 5 nitrogen and oxygen atoms in total. The van der Waals surface area contributed by atoms with Crippen LogP contribution in [0.25, 0.3) is 0 Å². The summed E-state index contributed by atoms with van der Waals surface area (Å²) in [6.45, 7) is 6.00. The van der Waals surface area contributed by atoms with E-state index in [9.17, 15) is 9.59 Å². The highest BCUT2D eigenvalue weighted by Crippen LogP contribution is 2.11. The SMILES string of the molecule is CC(C)CN1CC(=O)N(C)CC(C(=O)O)C1. The number of carbonyl (C=O) groups is 2. The molecule has 1 saturated heterocycles. The van der Waals surface area contributed by atoms with Gasteiger partial charge >= 0.3 is 5.97 Å². The zero-order valence-corrected chi connectivity index (χ0v) is 10.1. The largest absolute Gasteiger partial charge is 0.481 e. The van der Waals surface area contributed by atoms with Gasteiger partial charge in [0.15, 0.2) is 0 Å². The van der Waals surface area contributed by atoms with Crippen molar-refractivity contribution in [3.63, 3.8) is 0 Å². The molecule has 16 heavy (non-hydrogen) atoms. The fourth-order valence-corrected chi connectivity index (χ4v) is 1.99. The summed E-state index contributed by atoms with van der Waals surface area (Å²) < 4.78 is 0. The minimum absolute atomic E-state index is 0.00407. The van der Waals surface area contributed by atoms with Gasteiger partial charge in [0.1, 0.15) is 0 Å². The predicted molar refractivity (Wildman–Crippen MR) is 60.0 cm³/mol. The molecule has 0 aromatic carbocycles. The van der Waals surface area contributed by atoms with E-state index < -0.39 is 11.9 Å². The lowest BCUT2D eigenvalue weighted by atomic mass is 10.1. The van der Waals surface area contributed by atoms with Crippen molar-refractivity contribution in [1.82, 2.24) is 9.80 Å². The van der Waals surface area contributed by atoms with Gasteiger partial charge in [0.2, 0.25) is 5.91 Å². The molecular weight excluding hydrogens is 208 g/mol. The van der Waals surface area contributed by atoms with Gasteiger partial charge in [-0.2, -0.15) is 0 Å². The molecule has 0 spiro atoms. The molecule has 0 radical (unpaired) electrons. The van der Waals surface area contributed by atoms with Gasteiger partial charge in [-0.3, -0.25) is 14.5 Å². The van der Waals surface area contributed by atoms with Gasteiger partial charge in [0, 0.05) is 26.7 Å². The van der Waals surface area contributed by atoms with Gasteiger partial charge in [-0.05, 0) is 5.92 Å². The van der Waals surface area contributed by atoms with E-state index in [1.54, 1.807) is 7.05 Å². The van der Waals surface area contributed by atoms with Crippen LogP contribution in [0.3, 0.4) is 0 Å². The lowest BCUT2D eigenvalue weighted by molar-refractivity contribution is -0.142. The summed E-state index contributed by atoms with van der Waals surface area (Å²) in [5.41, 5.74) is 0. The maximum atomic E-state index is 11.7. The second kappa shape index (κ2) is 5.30. The summed E-state index contributed by atoms with van der Waals surface area (Å²) in [4.78, 5) is 26.1. The minimum Gasteiger partial charge on any atom is -0.481 e. The van der Waals surface area contributed by atoms with Gasteiger partial charge < -0.3 is 10.0 Å². The molecule has 1 fully saturated rings. The van der Waals surface area contributed by atoms with Crippen LogP contribution < -0.4 is 0 Å². The van der Waals surface area contributed by atoms with E-state index in [1.165, 1.54) is 4.90 Å². The van der Waals surface area contributed by atoms with E-state index >= 15 is 0 Å². The Morgan fingerprint density at radius 2 is 2.12 bits per heavy atom. The van der Waals surface area contributed by atoms with Crippen molar-refractivity contribution in [2.75, 3.05) is 33.2 Å².